The van der Waals surface area contributed by atoms with Crippen molar-refractivity contribution in [3.63, 3.8) is 0 Å². The number of methoxy groups -OCH3 is 1. The first kappa shape index (κ1) is 14.7. The number of aromatic nitrogens is 2. The van der Waals surface area contributed by atoms with Crippen molar-refractivity contribution in [3.8, 4) is 0 Å². The van der Waals surface area contributed by atoms with Gasteiger partial charge in [0.2, 0.25) is 0 Å². The Balaban J connectivity index is 2.10. The number of carbonyl (C=O) groups excluding carboxylic acids is 1. The second-order valence-corrected chi connectivity index (χ2v) is 5.75. The fourth-order valence-corrected chi connectivity index (χ4v) is 3.10. The third-order valence-electron chi connectivity index (χ3n) is 3.91. The van der Waals surface area contributed by atoms with E-state index in [2.05, 4.69) is 34.0 Å². The molecule has 1 fully saturated rings. The number of rotatable bonds is 2. The molecule has 22 heavy (non-hydrogen) atoms. The van der Waals surface area contributed by atoms with E-state index in [1.54, 1.807) is 18.5 Å². The zero-order valence-corrected chi connectivity index (χ0v) is 13.0. The molecule has 0 unspecified atom stereocenters. The van der Waals surface area contributed by atoms with Crippen molar-refractivity contribution in [3.05, 3.63) is 30.1 Å². The van der Waals surface area contributed by atoms with Crippen LogP contribution in [0, 0.1) is 0 Å². The van der Waals surface area contributed by atoms with Crippen LogP contribution >= 0.6 is 0 Å². The van der Waals surface area contributed by atoms with Crippen LogP contribution < -0.4 is 10.2 Å². The minimum Gasteiger partial charge on any atom is -0.465 e. The Labute approximate surface area is 129 Å². The van der Waals surface area contributed by atoms with Crippen LogP contribution in [-0.4, -0.2) is 48.2 Å². The van der Waals surface area contributed by atoms with Crippen LogP contribution in [0.2, 0.25) is 0 Å². The van der Waals surface area contributed by atoms with E-state index in [-0.39, 0.29) is 5.97 Å². The largest absolute Gasteiger partial charge is 0.465 e. The van der Waals surface area contributed by atoms with E-state index in [0.717, 1.165) is 24.3 Å². The zero-order chi connectivity index (χ0) is 15.7. The van der Waals surface area contributed by atoms with Crippen LogP contribution in [0.4, 0.5) is 5.69 Å². The molecule has 0 spiro atoms. The second-order valence-electron chi connectivity index (χ2n) is 5.75. The van der Waals surface area contributed by atoms with E-state index in [4.69, 9.17) is 4.74 Å². The Hall–Kier alpha value is -2.21. The first-order valence-electron chi connectivity index (χ1n) is 7.43. The Morgan fingerprint density at radius 1 is 1.18 bits per heavy atom. The molecule has 3 rings (SSSR count). The normalized spacial score (nSPS) is 21.9. The number of hydrogen-bond donors (Lipinski definition) is 1. The van der Waals surface area contributed by atoms with Crippen molar-refractivity contribution < 1.29 is 9.53 Å². The summed E-state index contributed by atoms with van der Waals surface area (Å²) in [5, 5.41) is 3.51. The van der Waals surface area contributed by atoms with Gasteiger partial charge in [-0.15, -0.1) is 0 Å². The molecule has 2 heterocycles. The van der Waals surface area contributed by atoms with E-state index in [0.29, 0.717) is 23.2 Å². The van der Waals surface area contributed by atoms with Gasteiger partial charge in [-0.2, -0.15) is 0 Å². The molecule has 0 radical (unpaired) electrons. The van der Waals surface area contributed by atoms with Gasteiger partial charge in [0.05, 0.1) is 18.4 Å². The fourth-order valence-electron chi connectivity index (χ4n) is 3.10. The number of anilines is 1. The zero-order valence-electron chi connectivity index (χ0n) is 13.0. The molecule has 116 valence electrons. The van der Waals surface area contributed by atoms with Crippen LogP contribution in [0.25, 0.3) is 11.0 Å². The predicted molar refractivity (Wildman–Crippen MR) is 85.2 cm³/mol. The number of fused-ring (bicyclic) bond motifs is 1. The molecule has 1 N–H and O–H groups in total. The van der Waals surface area contributed by atoms with E-state index in [1.165, 1.54) is 7.11 Å². The lowest BCUT2D eigenvalue weighted by Gasteiger charge is -2.37. The predicted octanol–water partition coefficient (Wildman–Crippen LogP) is 1.60. The summed E-state index contributed by atoms with van der Waals surface area (Å²) < 4.78 is 4.83. The van der Waals surface area contributed by atoms with Gasteiger partial charge >= 0.3 is 5.97 Å². The monoisotopic (exact) mass is 300 g/mol. The van der Waals surface area contributed by atoms with Crippen LogP contribution in [0.15, 0.2) is 24.5 Å². The third-order valence-corrected chi connectivity index (χ3v) is 3.91. The smallest absolute Gasteiger partial charge is 0.340 e. The van der Waals surface area contributed by atoms with Crippen molar-refractivity contribution in [2.75, 3.05) is 25.1 Å². The highest BCUT2D eigenvalue weighted by Gasteiger charge is 2.24. The summed E-state index contributed by atoms with van der Waals surface area (Å²) in [4.78, 5) is 23.0. The lowest BCUT2D eigenvalue weighted by atomic mass is 10.1. The third kappa shape index (κ3) is 2.62. The molecule has 0 amide bonds. The molecule has 1 aromatic carbocycles. The summed E-state index contributed by atoms with van der Waals surface area (Å²) in [6, 6.07) is 4.51. The first-order chi connectivity index (χ1) is 10.6. The maximum atomic E-state index is 11.9. The molecule has 6 heteroatoms. The first-order valence-corrected chi connectivity index (χ1v) is 7.43. The number of nitrogens with one attached hydrogen (secondary N) is 1. The van der Waals surface area contributed by atoms with Crippen LogP contribution in [0.3, 0.4) is 0 Å². The molecule has 2 atom stereocenters. The Morgan fingerprint density at radius 3 is 2.45 bits per heavy atom. The highest BCUT2D eigenvalue weighted by Crippen LogP contribution is 2.28. The van der Waals surface area contributed by atoms with Crippen LogP contribution in [-0.2, 0) is 4.74 Å². The Bertz CT molecular complexity index is 694. The molecule has 2 aromatic rings. The molecule has 1 aromatic heterocycles. The standard InChI is InChI=1S/C16H20N4O2/c1-10-8-20(9-11(2)19-10)13-5-4-12(16(21)22-3)14-15(13)18-7-6-17-14/h4-7,10-11,19H,8-9H2,1-3H3/t10-,11+. The number of benzene rings is 1. The molecule has 0 aliphatic carbocycles. The van der Waals surface area contributed by atoms with Gasteiger partial charge in [0.25, 0.3) is 0 Å². The second kappa shape index (κ2) is 5.88. The number of nitrogens with zero attached hydrogens (tertiary/aromatic N) is 3. The van der Waals surface area contributed by atoms with Crippen LogP contribution in [0.5, 0.6) is 0 Å². The van der Waals surface area contributed by atoms with Gasteiger partial charge in [0, 0.05) is 37.6 Å². The highest BCUT2D eigenvalue weighted by molar-refractivity contribution is 6.05. The molecular formula is C16H20N4O2. The maximum Gasteiger partial charge on any atom is 0.340 e. The van der Waals surface area contributed by atoms with Crippen molar-refractivity contribution >= 4 is 22.7 Å². The Morgan fingerprint density at radius 2 is 1.82 bits per heavy atom. The van der Waals surface area contributed by atoms with Crippen molar-refractivity contribution in [1.29, 1.82) is 0 Å². The Kier molecular flexibility index (Phi) is 3.94. The van der Waals surface area contributed by atoms with Gasteiger partial charge in [-0.1, -0.05) is 0 Å². The summed E-state index contributed by atoms with van der Waals surface area (Å²) in [5.41, 5.74) is 2.79. The van der Waals surface area contributed by atoms with Crippen molar-refractivity contribution in [2.24, 2.45) is 0 Å². The number of ether oxygens (including phenoxy) is 1. The average Bonchev–Trinajstić information content (AvgIpc) is 2.52. The molecule has 1 aliphatic heterocycles. The SMILES string of the molecule is COC(=O)c1ccc(N2C[C@@H](C)N[C@@H](C)C2)c2nccnc12. The summed E-state index contributed by atoms with van der Waals surface area (Å²) in [6.07, 6.45) is 3.25. The number of carbonyl (C=O) groups is 1. The number of piperazine rings is 1. The fraction of sp³-hybridized carbons (Fsp3) is 0.438. The summed E-state index contributed by atoms with van der Waals surface area (Å²) in [6.45, 7) is 6.12. The molecule has 6 nitrogen and oxygen atoms in total. The van der Waals surface area contributed by atoms with Gasteiger partial charge in [-0.05, 0) is 26.0 Å². The van der Waals surface area contributed by atoms with Gasteiger partial charge in [0.15, 0.2) is 0 Å². The van der Waals surface area contributed by atoms with E-state index in [9.17, 15) is 4.79 Å². The van der Waals surface area contributed by atoms with Gasteiger partial charge in [-0.25, -0.2) is 4.79 Å². The molecular weight excluding hydrogens is 280 g/mol. The minimum absolute atomic E-state index is 0.390. The molecule has 0 bridgehead atoms. The molecule has 0 saturated carbocycles. The van der Waals surface area contributed by atoms with Crippen molar-refractivity contribution in [2.45, 2.75) is 25.9 Å². The number of hydrogen-bond acceptors (Lipinski definition) is 6. The number of esters is 1. The van der Waals surface area contributed by atoms with E-state index >= 15 is 0 Å². The maximum absolute atomic E-state index is 11.9. The quantitative estimate of drug-likeness (QED) is 0.850. The minimum atomic E-state index is -0.390. The lowest BCUT2D eigenvalue weighted by molar-refractivity contribution is 0.0602. The average molecular weight is 300 g/mol. The van der Waals surface area contributed by atoms with Crippen LogP contribution in [0.1, 0.15) is 24.2 Å². The highest BCUT2D eigenvalue weighted by atomic mass is 16.5. The van der Waals surface area contributed by atoms with E-state index < -0.39 is 0 Å². The van der Waals surface area contributed by atoms with Gasteiger partial charge < -0.3 is 15.0 Å². The summed E-state index contributed by atoms with van der Waals surface area (Å²) in [7, 11) is 1.37. The lowest BCUT2D eigenvalue weighted by Crippen LogP contribution is -2.54. The van der Waals surface area contributed by atoms with Gasteiger partial charge in [0.1, 0.15) is 11.0 Å². The van der Waals surface area contributed by atoms with Gasteiger partial charge in [-0.3, -0.25) is 9.97 Å². The topological polar surface area (TPSA) is 67.3 Å². The van der Waals surface area contributed by atoms with Crippen molar-refractivity contribution in [1.82, 2.24) is 15.3 Å². The molecule has 1 aliphatic rings. The summed E-state index contributed by atoms with van der Waals surface area (Å²) in [5.74, 6) is -0.390. The van der Waals surface area contributed by atoms with E-state index in [1.807, 2.05) is 6.07 Å². The molecule has 1 saturated heterocycles. The summed E-state index contributed by atoms with van der Waals surface area (Å²) >= 11 is 0.